The van der Waals surface area contributed by atoms with Gasteiger partial charge in [0.15, 0.2) is 11.5 Å². The van der Waals surface area contributed by atoms with Crippen LogP contribution in [-0.4, -0.2) is 68.3 Å². The maximum absolute atomic E-state index is 12.6. The molecule has 0 atom stereocenters. The lowest BCUT2D eigenvalue weighted by Gasteiger charge is -2.31. The smallest absolute Gasteiger partial charge is 0.273 e. The molecule has 0 radical (unpaired) electrons. The van der Waals surface area contributed by atoms with Crippen molar-refractivity contribution in [2.24, 2.45) is 0 Å². The minimum absolute atomic E-state index is 0.0361. The van der Waals surface area contributed by atoms with Gasteiger partial charge in [-0.1, -0.05) is 12.1 Å². The zero-order valence-corrected chi connectivity index (χ0v) is 18.3. The maximum Gasteiger partial charge on any atom is 0.273 e. The van der Waals surface area contributed by atoms with Gasteiger partial charge in [0.25, 0.3) is 5.91 Å². The second-order valence-corrected chi connectivity index (χ2v) is 7.52. The van der Waals surface area contributed by atoms with Gasteiger partial charge < -0.3 is 24.6 Å². The summed E-state index contributed by atoms with van der Waals surface area (Å²) in [4.78, 5) is 26.6. The molecule has 9 nitrogen and oxygen atoms in total. The fourth-order valence-corrected chi connectivity index (χ4v) is 3.53. The van der Waals surface area contributed by atoms with E-state index in [1.807, 2.05) is 6.92 Å². The number of amides is 2. The van der Waals surface area contributed by atoms with Gasteiger partial charge in [-0.25, -0.2) is 0 Å². The third-order valence-electron chi connectivity index (χ3n) is 5.28. The molecule has 1 aromatic carbocycles. The number of aromatic nitrogens is 1. The minimum atomic E-state index is -0.281. The van der Waals surface area contributed by atoms with Gasteiger partial charge in [0.1, 0.15) is 11.5 Å². The van der Waals surface area contributed by atoms with Gasteiger partial charge in [0.05, 0.1) is 26.3 Å². The molecule has 9 heteroatoms. The molecule has 1 aliphatic rings. The Hall–Kier alpha value is -3.07. The Bertz CT molecular complexity index is 890. The van der Waals surface area contributed by atoms with Gasteiger partial charge in [0.2, 0.25) is 5.91 Å². The summed E-state index contributed by atoms with van der Waals surface area (Å²) in [5.41, 5.74) is 0.865. The van der Waals surface area contributed by atoms with Crippen molar-refractivity contribution in [3.8, 4) is 22.8 Å². The quantitative estimate of drug-likeness (QED) is 0.627. The summed E-state index contributed by atoms with van der Waals surface area (Å²) in [6.45, 7) is 4.65. The number of hydrogen-bond donors (Lipinski definition) is 2. The standard InChI is InChI=1S/C22H30N4O5/c1-4-9-23-21(27)14-26-10-7-15(8-11-26)24-22(28)18-13-20(31-25-18)17-12-16(29-2)5-6-19(17)30-3/h5-6,12-13,15H,4,7-11,14H2,1-3H3,(H,23,27)(H,24,28). The number of nitrogens with one attached hydrogen (secondary N) is 2. The van der Waals surface area contributed by atoms with Crippen molar-refractivity contribution in [3.63, 3.8) is 0 Å². The zero-order valence-electron chi connectivity index (χ0n) is 18.3. The second kappa shape index (κ2) is 10.8. The third kappa shape index (κ3) is 5.97. The van der Waals surface area contributed by atoms with Crippen molar-refractivity contribution in [2.45, 2.75) is 32.2 Å². The van der Waals surface area contributed by atoms with Gasteiger partial charge >= 0.3 is 0 Å². The highest BCUT2D eigenvalue weighted by atomic mass is 16.5. The summed E-state index contributed by atoms with van der Waals surface area (Å²) in [6.07, 6.45) is 2.48. The molecule has 1 saturated heterocycles. The first-order chi connectivity index (χ1) is 15.0. The molecule has 1 aliphatic heterocycles. The number of nitrogens with zero attached hydrogens (tertiary/aromatic N) is 2. The molecule has 2 heterocycles. The molecule has 0 saturated carbocycles. The molecular weight excluding hydrogens is 400 g/mol. The van der Waals surface area contributed by atoms with E-state index in [2.05, 4.69) is 20.7 Å². The van der Waals surface area contributed by atoms with Crippen molar-refractivity contribution < 1.29 is 23.6 Å². The van der Waals surface area contributed by atoms with Crippen molar-refractivity contribution in [3.05, 3.63) is 30.0 Å². The average Bonchev–Trinajstić information content (AvgIpc) is 3.29. The topological polar surface area (TPSA) is 106 Å². The molecule has 1 fully saturated rings. The highest BCUT2D eigenvalue weighted by molar-refractivity contribution is 5.93. The van der Waals surface area contributed by atoms with Crippen molar-refractivity contribution in [1.82, 2.24) is 20.7 Å². The van der Waals surface area contributed by atoms with Crippen molar-refractivity contribution in [1.29, 1.82) is 0 Å². The minimum Gasteiger partial charge on any atom is -0.497 e. The number of hydrogen-bond acceptors (Lipinski definition) is 7. The lowest BCUT2D eigenvalue weighted by molar-refractivity contribution is -0.122. The lowest BCUT2D eigenvalue weighted by Crippen LogP contribution is -2.47. The summed E-state index contributed by atoms with van der Waals surface area (Å²) in [5.74, 6) is 1.44. The number of methoxy groups -OCH3 is 2. The van der Waals surface area contributed by atoms with Crippen LogP contribution in [0.2, 0.25) is 0 Å². The molecule has 0 spiro atoms. The number of carbonyl (C=O) groups excluding carboxylic acids is 2. The van der Waals surface area contributed by atoms with Crippen LogP contribution in [0.5, 0.6) is 11.5 Å². The Morgan fingerprint density at radius 1 is 1.19 bits per heavy atom. The monoisotopic (exact) mass is 430 g/mol. The highest BCUT2D eigenvalue weighted by Crippen LogP contribution is 2.33. The molecular formula is C22H30N4O5. The van der Waals surface area contributed by atoms with E-state index in [9.17, 15) is 9.59 Å². The van der Waals surface area contributed by atoms with E-state index in [1.54, 1.807) is 38.5 Å². The van der Waals surface area contributed by atoms with Gasteiger partial charge in [-0.15, -0.1) is 0 Å². The Labute approximate surface area is 182 Å². The number of carbonyl (C=O) groups is 2. The van der Waals surface area contributed by atoms with E-state index in [1.165, 1.54) is 0 Å². The molecule has 168 valence electrons. The Kier molecular flexibility index (Phi) is 7.88. The van der Waals surface area contributed by atoms with E-state index in [-0.39, 0.29) is 23.6 Å². The first kappa shape index (κ1) is 22.6. The van der Waals surface area contributed by atoms with E-state index in [0.717, 1.165) is 32.4 Å². The number of benzene rings is 1. The van der Waals surface area contributed by atoms with Crippen LogP contribution in [0.3, 0.4) is 0 Å². The van der Waals surface area contributed by atoms with Crippen LogP contribution in [0.4, 0.5) is 0 Å². The van der Waals surface area contributed by atoms with Crippen LogP contribution in [0.1, 0.15) is 36.7 Å². The van der Waals surface area contributed by atoms with Crippen molar-refractivity contribution >= 4 is 11.8 Å². The summed E-state index contributed by atoms with van der Waals surface area (Å²) in [7, 11) is 3.14. The van der Waals surface area contributed by atoms with E-state index < -0.39 is 0 Å². The van der Waals surface area contributed by atoms with Gasteiger partial charge in [-0.2, -0.15) is 0 Å². The molecule has 2 N–H and O–H groups in total. The molecule has 31 heavy (non-hydrogen) atoms. The summed E-state index contributed by atoms with van der Waals surface area (Å²) >= 11 is 0. The summed E-state index contributed by atoms with van der Waals surface area (Å²) in [5, 5.41) is 9.83. The molecule has 0 unspecified atom stereocenters. The van der Waals surface area contributed by atoms with Gasteiger partial charge in [0, 0.05) is 31.7 Å². The zero-order chi connectivity index (χ0) is 22.2. The van der Waals surface area contributed by atoms with Crippen LogP contribution in [-0.2, 0) is 4.79 Å². The van der Waals surface area contributed by atoms with Crippen LogP contribution in [0, 0.1) is 0 Å². The number of likely N-dealkylation sites (tertiary alicyclic amines) is 1. The molecule has 2 amide bonds. The predicted molar refractivity (Wildman–Crippen MR) is 115 cm³/mol. The number of rotatable bonds is 9. The predicted octanol–water partition coefficient (Wildman–Crippen LogP) is 2.08. The molecule has 1 aromatic heterocycles. The SMILES string of the molecule is CCCNC(=O)CN1CCC(NC(=O)c2cc(-c3cc(OC)ccc3OC)on2)CC1. The molecule has 0 aliphatic carbocycles. The third-order valence-corrected chi connectivity index (χ3v) is 5.28. The first-order valence-corrected chi connectivity index (χ1v) is 10.5. The Morgan fingerprint density at radius 3 is 2.65 bits per heavy atom. The summed E-state index contributed by atoms with van der Waals surface area (Å²) < 4.78 is 16.0. The largest absolute Gasteiger partial charge is 0.497 e. The van der Waals surface area contributed by atoms with Gasteiger partial charge in [-0.3, -0.25) is 14.5 Å². The number of piperidine rings is 1. The van der Waals surface area contributed by atoms with Crippen LogP contribution < -0.4 is 20.1 Å². The molecule has 2 aromatic rings. The Morgan fingerprint density at radius 2 is 1.97 bits per heavy atom. The van der Waals surface area contributed by atoms with Crippen molar-refractivity contribution in [2.75, 3.05) is 40.4 Å². The van der Waals surface area contributed by atoms with E-state index in [0.29, 0.717) is 35.9 Å². The van der Waals surface area contributed by atoms with E-state index >= 15 is 0 Å². The van der Waals surface area contributed by atoms with Crippen LogP contribution in [0.25, 0.3) is 11.3 Å². The van der Waals surface area contributed by atoms with E-state index in [4.69, 9.17) is 14.0 Å². The fourth-order valence-electron chi connectivity index (χ4n) is 3.53. The normalized spacial score (nSPS) is 14.8. The van der Waals surface area contributed by atoms with Crippen LogP contribution >= 0.6 is 0 Å². The summed E-state index contributed by atoms with van der Waals surface area (Å²) in [6, 6.07) is 6.96. The lowest BCUT2D eigenvalue weighted by atomic mass is 10.0. The first-order valence-electron chi connectivity index (χ1n) is 10.5. The Balaban J connectivity index is 1.55. The average molecular weight is 431 g/mol. The fraction of sp³-hybridized carbons (Fsp3) is 0.500. The highest BCUT2D eigenvalue weighted by Gasteiger charge is 2.24. The van der Waals surface area contributed by atoms with Gasteiger partial charge in [-0.05, 0) is 37.5 Å². The molecule has 3 rings (SSSR count). The molecule has 0 bridgehead atoms. The maximum atomic E-state index is 12.6. The van der Waals surface area contributed by atoms with Crippen LogP contribution in [0.15, 0.2) is 28.8 Å². The number of ether oxygens (including phenoxy) is 2. The second-order valence-electron chi connectivity index (χ2n) is 7.52.